The topological polar surface area (TPSA) is 25.8 Å². The highest BCUT2D eigenvalue weighted by Crippen LogP contribution is 2.22. The van der Waals surface area contributed by atoms with Gasteiger partial charge in [0.2, 0.25) is 0 Å². The molecule has 0 fully saturated rings. The zero-order chi connectivity index (χ0) is 33.4. The van der Waals surface area contributed by atoms with E-state index in [1.165, 1.54) is 42.2 Å². The summed E-state index contributed by atoms with van der Waals surface area (Å²) >= 11 is 0. The lowest BCUT2D eigenvalue weighted by atomic mass is 10.1. The van der Waals surface area contributed by atoms with Crippen molar-refractivity contribution in [2.45, 2.75) is 53.1 Å². The highest BCUT2D eigenvalue weighted by atomic mass is 28.3. The van der Waals surface area contributed by atoms with Gasteiger partial charge in [0.15, 0.2) is 8.07 Å². The van der Waals surface area contributed by atoms with E-state index >= 15 is 0 Å². The van der Waals surface area contributed by atoms with Crippen LogP contribution in [0, 0.1) is 13.8 Å². The summed E-state index contributed by atoms with van der Waals surface area (Å²) in [7, 11) is -5.75. The molecule has 5 heteroatoms. The van der Waals surface area contributed by atoms with Crippen molar-refractivity contribution in [1.82, 2.24) is 9.97 Å². The third kappa shape index (κ3) is 6.40. The van der Waals surface area contributed by atoms with Crippen LogP contribution in [0.25, 0.3) is 22.5 Å². The van der Waals surface area contributed by atoms with Crippen LogP contribution in [0.5, 0.6) is 0 Å². The fraction of sp³-hybridized carbons (Fsp3) is 0.190. The van der Waals surface area contributed by atoms with Crippen LogP contribution in [0.3, 0.4) is 0 Å². The van der Waals surface area contributed by atoms with Crippen molar-refractivity contribution >= 4 is 55.3 Å². The Labute approximate surface area is 284 Å². The van der Waals surface area contributed by atoms with Gasteiger partial charge in [0.1, 0.15) is 0 Å². The van der Waals surface area contributed by atoms with Gasteiger partial charge in [-0.3, -0.25) is 9.97 Å². The van der Waals surface area contributed by atoms with Gasteiger partial charge in [0.25, 0.3) is 0 Å². The van der Waals surface area contributed by atoms with Crippen LogP contribution in [0.15, 0.2) is 134 Å². The monoisotopic (exact) mass is 662 g/mol. The van der Waals surface area contributed by atoms with Crippen molar-refractivity contribution in [2.75, 3.05) is 0 Å². The standard InChI is InChI=1S/C42H46N2Si3/c1-31-25-39(43-29-41(31)45(3,4)5)33-17-15-23-37(27-33)47(35-19-11-9-12-20-35,36-21-13-10-14-22-36)38-24-16-18-34(28-38)40-26-32(2)42(30-44-40)46(6,7)8/h9-30H,1-8H3. The minimum atomic E-state index is -2.78. The average molecular weight is 663 g/mol. The zero-order valence-electron chi connectivity index (χ0n) is 29.1. The third-order valence-corrected chi connectivity index (χ3v) is 18.5. The first kappa shape index (κ1) is 32.8. The predicted octanol–water partition coefficient (Wildman–Crippen LogP) is 6.90. The molecule has 6 aromatic rings. The smallest absolute Gasteiger partial charge is 0.179 e. The Hall–Kier alpha value is -4.17. The van der Waals surface area contributed by atoms with Gasteiger partial charge in [-0.05, 0) is 68.2 Å². The fourth-order valence-electron chi connectivity index (χ4n) is 7.20. The summed E-state index contributed by atoms with van der Waals surface area (Å²) in [6.45, 7) is 18.8. The molecule has 4 aromatic carbocycles. The van der Waals surface area contributed by atoms with E-state index in [1.807, 2.05) is 0 Å². The summed E-state index contributed by atoms with van der Waals surface area (Å²) in [5.74, 6) is 0. The minimum Gasteiger partial charge on any atom is -0.256 e. The molecule has 2 heterocycles. The molecule has 0 amide bonds. The Morgan fingerprint density at radius 1 is 0.404 bits per heavy atom. The lowest BCUT2D eigenvalue weighted by Crippen LogP contribution is -2.74. The lowest BCUT2D eigenvalue weighted by molar-refractivity contribution is 1.30. The van der Waals surface area contributed by atoms with E-state index < -0.39 is 24.2 Å². The van der Waals surface area contributed by atoms with Crippen molar-refractivity contribution in [3.05, 3.63) is 145 Å². The summed E-state index contributed by atoms with van der Waals surface area (Å²) in [6, 6.07) is 45.3. The number of hydrogen-bond acceptors (Lipinski definition) is 2. The molecule has 0 aliphatic carbocycles. The van der Waals surface area contributed by atoms with Gasteiger partial charge < -0.3 is 0 Å². The summed E-state index contributed by atoms with van der Waals surface area (Å²) in [6.07, 6.45) is 4.27. The maximum absolute atomic E-state index is 5.05. The lowest BCUT2D eigenvalue weighted by Gasteiger charge is -2.35. The van der Waals surface area contributed by atoms with Crippen molar-refractivity contribution in [3.8, 4) is 22.5 Å². The molecular formula is C42H46N2Si3. The number of pyridine rings is 2. The molecule has 2 nitrogen and oxygen atoms in total. The van der Waals surface area contributed by atoms with Gasteiger partial charge in [-0.15, -0.1) is 0 Å². The normalized spacial score (nSPS) is 12.3. The fourth-order valence-corrected chi connectivity index (χ4v) is 15.4. The van der Waals surface area contributed by atoms with Crippen molar-refractivity contribution in [2.24, 2.45) is 0 Å². The van der Waals surface area contributed by atoms with Crippen LogP contribution in [-0.2, 0) is 0 Å². The van der Waals surface area contributed by atoms with Gasteiger partial charge >= 0.3 is 0 Å². The van der Waals surface area contributed by atoms with E-state index in [0.29, 0.717) is 0 Å². The van der Waals surface area contributed by atoms with Gasteiger partial charge in [-0.25, -0.2) is 0 Å². The van der Waals surface area contributed by atoms with Crippen LogP contribution in [0.1, 0.15) is 11.1 Å². The Bertz CT molecular complexity index is 1880. The highest BCUT2D eigenvalue weighted by Gasteiger charge is 2.41. The Morgan fingerprint density at radius 3 is 1.11 bits per heavy atom. The maximum atomic E-state index is 5.05. The molecule has 0 atom stereocenters. The quantitative estimate of drug-likeness (QED) is 0.131. The number of hydrogen-bond donors (Lipinski definition) is 0. The number of nitrogens with zero attached hydrogens (tertiary/aromatic N) is 2. The third-order valence-electron chi connectivity index (χ3n) is 9.43. The molecule has 0 saturated heterocycles. The molecule has 0 spiro atoms. The highest BCUT2D eigenvalue weighted by molar-refractivity contribution is 7.20. The van der Waals surface area contributed by atoms with Gasteiger partial charge in [-0.2, -0.15) is 0 Å². The van der Waals surface area contributed by atoms with E-state index in [9.17, 15) is 0 Å². The van der Waals surface area contributed by atoms with E-state index in [1.54, 1.807) is 0 Å². The summed E-state index contributed by atoms with van der Waals surface area (Å²) in [5.41, 5.74) is 7.06. The van der Waals surface area contributed by atoms with Crippen LogP contribution >= 0.6 is 0 Å². The van der Waals surface area contributed by atoms with Crippen LogP contribution in [-0.4, -0.2) is 34.2 Å². The zero-order valence-corrected chi connectivity index (χ0v) is 32.1. The molecular weight excluding hydrogens is 617 g/mol. The second kappa shape index (κ2) is 12.8. The summed E-state index contributed by atoms with van der Waals surface area (Å²) < 4.78 is 0. The first-order chi connectivity index (χ1) is 22.4. The molecule has 0 bridgehead atoms. The summed E-state index contributed by atoms with van der Waals surface area (Å²) in [4.78, 5) is 10.1. The Morgan fingerprint density at radius 2 is 0.766 bits per heavy atom. The Kier molecular flexibility index (Phi) is 8.92. The molecule has 47 heavy (non-hydrogen) atoms. The van der Waals surface area contributed by atoms with Crippen molar-refractivity contribution < 1.29 is 0 Å². The van der Waals surface area contributed by atoms with Crippen molar-refractivity contribution in [3.63, 3.8) is 0 Å². The molecule has 0 N–H and O–H groups in total. The SMILES string of the molecule is Cc1cc(-c2cccc([Si](c3ccccc3)(c3ccccc3)c3cccc(-c4cc(C)c([Si](C)(C)C)cn4)c3)c2)ncc1[Si](C)(C)C. The molecule has 0 aliphatic rings. The molecule has 236 valence electrons. The number of aromatic nitrogens is 2. The van der Waals surface area contributed by atoms with Crippen LogP contribution < -0.4 is 31.1 Å². The average Bonchev–Trinajstić information content (AvgIpc) is 3.05. The number of aryl methyl sites for hydroxylation is 2. The van der Waals surface area contributed by atoms with Crippen LogP contribution in [0.4, 0.5) is 0 Å². The van der Waals surface area contributed by atoms with Crippen molar-refractivity contribution in [1.29, 1.82) is 0 Å². The number of benzene rings is 4. The molecule has 0 unspecified atom stereocenters. The second-order valence-electron chi connectivity index (χ2n) is 14.9. The van der Waals surface area contributed by atoms with E-state index in [0.717, 1.165) is 22.5 Å². The second-order valence-corrected chi connectivity index (χ2v) is 28.8. The molecule has 0 saturated carbocycles. The Balaban J connectivity index is 1.60. The van der Waals surface area contributed by atoms with Gasteiger partial charge in [0, 0.05) is 23.5 Å². The van der Waals surface area contributed by atoms with E-state index in [2.05, 4.69) is 187 Å². The van der Waals surface area contributed by atoms with Gasteiger partial charge in [-0.1, -0.05) is 148 Å². The summed E-state index contributed by atoms with van der Waals surface area (Å²) in [5, 5.41) is 8.25. The molecule has 0 radical (unpaired) electrons. The minimum absolute atomic E-state index is 1.03. The molecule has 6 rings (SSSR count). The maximum Gasteiger partial charge on any atom is 0.179 e. The van der Waals surface area contributed by atoms with Crippen LogP contribution in [0.2, 0.25) is 39.3 Å². The number of rotatable bonds is 8. The van der Waals surface area contributed by atoms with E-state index in [-0.39, 0.29) is 0 Å². The predicted molar refractivity (Wildman–Crippen MR) is 212 cm³/mol. The largest absolute Gasteiger partial charge is 0.256 e. The van der Waals surface area contributed by atoms with E-state index in [4.69, 9.17) is 9.97 Å². The molecule has 2 aromatic heterocycles. The first-order valence-corrected chi connectivity index (χ1v) is 25.7. The first-order valence-electron chi connectivity index (χ1n) is 16.7. The molecule has 0 aliphatic heterocycles. The van der Waals surface area contributed by atoms with Gasteiger partial charge in [0.05, 0.1) is 27.5 Å².